The Morgan fingerprint density at radius 3 is 2.50 bits per heavy atom. The van der Waals surface area contributed by atoms with Gasteiger partial charge in [-0.3, -0.25) is 14.2 Å². The fourth-order valence-electron chi connectivity index (χ4n) is 2.93. The van der Waals surface area contributed by atoms with E-state index < -0.39 is 0 Å². The molecule has 2 aromatic heterocycles. The highest BCUT2D eigenvalue weighted by Crippen LogP contribution is 2.38. The molecule has 0 spiro atoms. The second-order valence-corrected chi connectivity index (χ2v) is 8.04. The molecule has 2 heterocycles. The van der Waals surface area contributed by atoms with Crippen molar-refractivity contribution in [3.8, 4) is 17.2 Å². The van der Waals surface area contributed by atoms with Crippen molar-refractivity contribution in [2.75, 3.05) is 27.1 Å². The number of amides is 1. The van der Waals surface area contributed by atoms with Crippen molar-refractivity contribution in [1.82, 2.24) is 14.9 Å². The minimum atomic E-state index is -0.170. The largest absolute Gasteiger partial charge is 0.493 e. The number of aromatic nitrogens is 2. The molecule has 3 aromatic rings. The summed E-state index contributed by atoms with van der Waals surface area (Å²) in [6.07, 6.45) is 0. The van der Waals surface area contributed by atoms with Gasteiger partial charge in [-0.2, -0.15) is 0 Å². The molecule has 0 radical (unpaired) electrons. The van der Waals surface area contributed by atoms with Gasteiger partial charge in [0, 0.05) is 13.1 Å². The Hall–Kier alpha value is -2.72. The van der Waals surface area contributed by atoms with Crippen LogP contribution in [0.25, 0.3) is 10.2 Å². The molecule has 0 fully saturated rings. The molecular formula is C20H23N3O5S2. The zero-order valence-electron chi connectivity index (χ0n) is 17.2. The number of nitrogens with zero attached hydrogens (tertiary/aromatic N) is 2. The first kappa shape index (κ1) is 22.0. The molecule has 0 saturated heterocycles. The molecular weight excluding hydrogens is 426 g/mol. The summed E-state index contributed by atoms with van der Waals surface area (Å²) >= 11 is 2.62. The van der Waals surface area contributed by atoms with Gasteiger partial charge in [-0.1, -0.05) is 11.8 Å². The average Bonchev–Trinajstić information content (AvgIpc) is 3.24. The van der Waals surface area contributed by atoms with Gasteiger partial charge in [0.2, 0.25) is 11.7 Å². The topological polar surface area (TPSA) is 91.7 Å². The maximum atomic E-state index is 12.6. The molecule has 0 aliphatic carbocycles. The van der Waals surface area contributed by atoms with Crippen LogP contribution in [0.1, 0.15) is 12.5 Å². The van der Waals surface area contributed by atoms with Gasteiger partial charge in [0.25, 0.3) is 5.56 Å². The number of hydrogen-bond donors (Lipinski definition) is 1. The monoisotopic (exact) mass is 449 g/mol. The van der Waals surface area contributed by atoms with E-state index in [0.29, 0.717) is 45.7 Å². The third kappa shape index (κ3) is 4.54. The minimum absolute atomic E-state index is 0.0715. The van der Waals surface area contributed by atoms with Gasteiger partial charge >= 0.3 is 0 Å². The molecule has 0 unspecified atom stereocenters. The summed E-state index contributed by atoms with van der Waals surface area (Å²) in [6, 6.07) is 5.39. The van der Waals surface area contributed by atoms with E-state index in [1.165, 1.54) is 30.2 Å². The van der Waals surface area contributed by atoms with Crippen LogP contribution in [0, 0.1) is 0 Å². The van der Waals surface area contributed by atoms with E-state index in [4.69, 9.17) is 14.2 Å². The highest BCUT2D eigenvalue weighted by atomic mass is 32.2. The smallest absolute Gasteiger partial charge is 0.272 e. The van der Waals surface area contributed by atoms with Crippen LogP contribution >= 0.6 is 23.1 Å². The Morgan fingerprint density at radius 2 is 1.90 bits per heavy atom. The molecule has 1 amide bonds. The molecule has 30 heavy (non-hydrogen) atoms. The van der Waals surface area contributed by atoms with E-state index in [1.807, 2.05) is 18.4 Å². The third-order valence-electron chi connectivity index (χ3n) is 4.39. The van der Waals surface area contributed by atoms with Gasteiger partial charge in [0.1, 0.15) is 4.70 Å². The molecule has 3 rings (SSSR count). The summed E-state index contributed by atoms with van der Waals surface area (Å²) in [7, 11) is 4.62. The number of methoxy groups -OCH3 is 3. The maximum Gasteiger partial charge on any atom is 0.272 e. The summed E-state index contributed by atoms with van der Waals surface area (Å²) < 4.78 is 18.2. The number of carbonyl (C=O) groups is 1. The molecule has 0 atom stereocenters. The van der Waals surface area contributed by atoms with Crippen LogP contribution < -0.4 is 25.1 Å². The number of nitrogens with one attached hydrogen (secondary N) is 1. The first-order valence-corrected chi connectivity index (χ1v) is 11.0. The summed E-state index contributed by atoms with van der Waals surface area (Å²) in [5.41, 5.74) is 1.40. The summed E-state index contributed by atoms with van der Waals surface area (Å²) in [5.74, 6) is 1.52. The summed E-state index contributed by atoms with van der Waals surface area (Å²) in [6.45, 7) is 2.68. The van der Waals surface area contributed by atoms with Crippen molar-refractivity contribution in [3.05, 3.63) is 39.5 Å². The first-order valence-electron chi connectivity index (χ1n) is 9.18. The lowest BCUT2D eigenvalue weighted by atomic mass is 10.2. The predicted molar refractivity (Wildman–Crippen MR) is 118 cm³/mol. The zero-order valence-corrected chi connectivity index (χ0v) is 18.8. The van der Waals surface area contributed by atoms with Crippen molar-refractivity contribution < 1.29 is 19.0 Å². The Labute approximate surface area is 182 Å². The van der Waals surface area contributed by atoms with E-state index in [0.717, 1.165) is 5.56 Å². The summed E-state index contributed by atoms with van der Waals surface area (Å²) in [5, 5.41) is 5.25. The van der Waals surface area contributed by atoms with Crippen molar-refractivity contribution in [2.24, 2.45) is 0 Å². The number of ether oxygens (including phenoxy) is 3. The van der Waals surface area contributed by atoms with Crippen molar-refractivity contribution >= 4 is 39.2 Å². The molecule has 1 aromatic carbocycles. The van der Waals surface area contributed by atoms with E-state index in [1.54, 1.807) is 30.9 Å². The molecule has 160 valence electrons. The Balaban J connectivity index is 1.67. The number of fused-ring (bicyclic) bond motifs is 1. The predicted octanol–water partition coefficient (Wildman–Crippen LogP) is 2.91. The molecule has 0 aliphatic rings. The number of carbonyl (C=O) groups excluding carboxylic acids is 1. The van der Waals surface area contributed by atoms with Gasteiger partial charge in [-0.15, -0.1) is 11.3 Å². The lowest BCUT2D eigenvalue weighted by molar-refractivity contribution is -0.118. The van der Waals surface area contributed by atoms with Crippen LogP contribution in [0.4, 0.5) is 0 Å². The lowest BCUT2D eigenvalue weighted by Crippen LogP contribution is -2.26. The van der Waals surface area contributed by atoms with Crippen molar-refractivity contribution in [3.63, 3.8) is 0 Å². The van der Waals surface area contributed by atoms with Crippen LogP contribution in [0.2, 0.25) is 0 Å². The Kier molecular flexibility index (Phi) is 7.22. The highest BCUT2D eigenvalue weighted by molar-refractivity contribution is 7.99. The quantitative estimate of drug-likeness (QED) is 0.397. The minimum Gasteiger partial charge on any atom is -0.493 e. The van der Waals surface area contributed by atoms with E-state index >= 15 is 0 Å². The maximum absolute atomic E-state index is 12.6. The molecule has 1 N–H and O–H groups in total. The van der Waals surface area contributed by atoms with E-state index in [2.05, 4.69) is 10.3 Å². The van der Waals surface area contributed by atoms with E-state index in [-0.39, 0.29) is 17.2 Å². The number of hydrogen-bond acceptors (Lipinski definition) is 8. The standard InChI is InChI=1S/C20H23N3O5S2/c1-5-23-19(25)18-13(6-7-29-18)22-20(23)30-11-16(24)21-10-12-8-14(26-2)17(28-4)15(9-12)27-3/h6-9H,5,10-11H2,1-4H3,(H,21,24). The van der Waals surface area contributed by atoms with Crippen LogP contribution in [-0.2, 0) is 17.9 Å². The number of rotatable bonds is 9. The SMILES string of the molecule is CCn1c(SCC(=O)NCc2cc(OC)c(OC)c(OC)c2)nc2ccsc2c1=O. The zero-order chi connectivity index (χ0) is 21.7. The van der Waals surface area contributed by atoms with Gasteiger partial charge in [0.05, 0.1) is 32.6 Å². The Bertz CT molecular complexity index is 1080. The fourth-order valence-corrected chi connectivity index (χ4v) is 4.60. The summed E-state index contributed by atoms with van der Waals surface area (Å²) in [4.78, 5) is 29.5. The lowest BCUT2D eigenvalue weighted by Gasteiger charge is -2.14. The van der Waals surface area contributed by atoms with E-state index in [9.17, 15) is 9.59 Å². The van der Waals surface area contributed by atoms with Crippen LogP contribution in [0.15, 0.2) is 33.5 Å². The van der Waals surface area contributed by atoms with Gasteiger partial charge in [-0.25, -0.2) is 4.98 Å². The average molecular weight is 450 g/mol. The van der Waals surface area contributed by atoms with Crippen LogP contribution in [0.5, 0.6) is 17.2 Å². The molecule has 0 saturated carbocycles. The number of benzene rings is 1. The van der Waals surface area contributed by atoms with Crippen molar-refractivity contribution in [2.45, 2.75) is 25.2 Å². The third-order valence-corrected chi connectivity index (χ3v) is 6.26. The van der Waals surface area contributed by atoms with Crippen molar-refractivity contribution in [1.29, 1.82) is 0 Å². The van der Waals surface area contributed by atoms with Gasteiger partial charge < -0.3 is 19.5 Å². The highest BCUT2D eigenvalue weighted by Gasteiger charge is 2.15. The Morgan fingerprint density at radius 1 is 1.20 bits per heavy atom. The second-order valence-electron chi connectivity index (χ2n) is 6.18. The fraction of sp³-hybridized carbons (Fsp3) is 0.350. The number of thioether (sulfide) groups is 1. The number of thiophene rings is 1. The normalized spacial score (nSPS) is 10.8. The van der Waals surface area contributed by atoms with Gasteiger partial charge in [-0.05, 0) is 36.1 Å². The molecule has 10 heteroatoms. The van der Waals surface area contributed by atoms with Gasteiger partial charge in [0.15, 0.2) is 16.7 Å². The van der Waals surface area contributed by atoms with Crippen LogP contribution in [0.3, 0.4) is 0 Å². The molecule has 0 aliphatic heterocycles. The second kappa shape index (κ2) is 9.86. The first-order chi connectivity index (χ1) is 14.5. The molecule has 0 bridgehead atoms. The molecule has 8 nitrogen and oxygen atoms in total. The van der Waals surface area contributed by atoms with Crippen LogP contribution in [-0.4, -0.2) is 42.5 Å².